The maximum atomic E-state index is 2.44. The fraction of sp³-hybridized carbons (Fsp3) is 0.0625. The first-order chi connectivity index (χ1) is 16.7. The summed E-state index contributed by atoms with van der Waals surface area (Å²) in [5, 5.41) is 0. The molecular formula is C32H28S2+2. The van der Waals surface area contributed by atoms with E-state index in [4.69, 9.17) is 0 Å². The highest BCUT2D eigenvalue weighted by Gasteiger charge is 2.35. The summed E-state index contributed by atoms with van der Waals surface area (Å²) in [6.07, 6.45) is 0. The van der Waals surface area contributed by atoms with Gasteiger partial charge in [-0.15, -0.1) is 0 Å². The van der Waals surface area contributed by atoms with E-state index in [-0.39, 0.29) is 21.8 Å². The quantitative estimate of drug-likeness (QED) is 0.216. The molecule has 166 valence electrons. The summed E-state index contributed by atoms with van der Waals surface area (Å²) < 4.78 is 0. The van der Waals surface area contributed by atoms with Crippen LogP contribution < -0.4 is 0 Å². The first-order valence-corrected chi connectivity index (χ1v) is 14.0. The van der Waals surface area contributed by atoms with E-state index in [1.165, 1.54) is 40.5 Å². The Kier molecular flexibility index (Phi) is 6.89. The second kappa shape index (κ2) is 10.4. The average Bonchev–Trinajstić information content (AvgIpc) is 2.90. The number of aryl methyl sites for hydroxylation is 2. The molecule has 0 bridgehead atoms. The summed E-state index contributed by atoms with van der Waals surface area (Å²) in [7, 11) is -0.288. The van der Waals surface area contributed by atoms with E-state index in [2.05, 4.69) is 147 Å². The topological polar surface area (TPSA) is 0 Å². The normalized spacial score (nSPS) is 11.2. The summed E-state index contributed by atoms with van der Waals surface area (Å²) in [6.45, 7) is 4.56. The zero-order valence-electron chi connectivity index (χ0n) is 19.5. The second-order valence-electron chi connectivity index (χ2n) is 8.25. The van der Waals surface area contributed by atoms with Crippen molar-refractivity contribution in [1.82, 2.24) is 0 Å². The SMILES string of the molecule is Cc1cc([S+](c2ccccc2)c2ccccc2)c(C)cc1[S+](c1ccccc1)c1ccccc1. The van der Waals surface area contributed by atoms with E-state index in [1.54, 1.807) is 0 Å². The lowest BCUT2D eigenvalue weighted by molar-refractivity contribution is 1.14. The Labute approximate surface area is 209 Å². The highest BCUT2D eigenvalue weighted by atomic mass is 32.2. The van der Waals surface area contributed by atoms with Crippen LogP contribution in [0.4, 0.5) is 0 Å². The van der Waals surface area contributed by atoms with Crippen molar-refractivity contribution in [3.05, 3.63) is 145 Å². The lowest BCUT2D eigenvalue weighted by atomic mass is 10.2. The summed E-state index contributed by atoms with van der Waals surface area (Å²) in [4.78, 5) is 8.23. The van der Waals surface area contributed by atoms with Gasteiger partial charge in [-0.1, -0.05) is 72.8 Å². The molecule has 5 rings (SSSR count). The van der Waals surface area contributed by atoms with Crippen LogP contribution in [0.25, 0.3) is 0 Å². The van der Waals surface area contributed by atoms with Crippen molar-refractivity contribution in [1.29, 1.82) is 0 Å². The summed E-state index contributed by atoms with van der Waals surface area (Å²) in [5.74, 6) is 0. The van der Waals surface area contributed by atoms with Crippen molar-refractivity contribution in [3.63, 3.8) is 0 Å². The van der Waals surface area contributed by atoms with E-state index in [0.717, 1.165) is 0 Å². The molecule has 0 aliphatic rings. The van der Waals surface area contributed by atoms with Crippen LogP contribution >= 0.6 is 0 Å². The molecule has 0 atom stereocenters. The Hall–Kier alpha value is -3.20. The van der Waals surface area contributed by atoms with Gasteiger partial charge in [0.1, 0.15) is 0 Å². The zero-order valence-corrected chi connectivity index (χ0v) is 21.2. The summed E-state index contributed by atoms with van der Waals surface area (Å²) in [6, 6.07) is 48.6. The number of benzene rings is 5. The molecule has 2 heteroatoms. The van der Waals surface area contributed by atoms with Crippen molar-refractivity contribution >= 4 is 21.8 Å². The first-order valence-electron chi connectivity index (χ1n) is 11.5. The molecule has 0 amide bonds. The highest BCUT2D eigenvalue weighted by Crippen LogP contribution is 2.38. The Bertz CT molecular complexity index is 1160. The number of rotatable bonds is 6. The largest absolute Gasteiger partial charge is 0.170 e. The fourth-order valence-corrected chi connectivity index (χ4v) is 8.84. The van der Waals surface area contributed by atoms with Crippen molar-refractivity contribution < 1.29 is 0 Å². The number of hydrogen-bond donors (Lipinski definition) is 0. The van der Waals surface area contributed by atoms with Gasteiger partial charge in [-0.2, -0.15) is 0 Å². The van der Waals surface area contributed by atoms with Gasteiger partial charge in [-0.25, -0.2) is 0 Å². The molecule has 5 aromatic rings. The Balaban J connectivity index is 1.67. The third-order valence-electron chi connectivity index (χ3n) is 5.83. The molecule has 0 spiro atoms. The van der Waals surface area contributed by atoms with Gasteiger partial charge in [0.15, 0.2) is 29.4 Å². The molecule has 0 nitrogen and oxygen atoms in total. The van der Waals surface area contributed by atoms with Gasteiger partial charge < -0.3 is 0 Å². The number of hydrogen-bond acceptors (Lipinski definition) is 0. The maximum absolute atomic E-state index is 2.44. The molecule has 0 aliphatic heterocycles. The van der Waals surface area contributed by atoms with Crippen molar-refractivity contribution in [3.8, 4) is 0 Å². The van der Waals surface area contributed by atoms with Crippen molar-refractivity contribution in [2.24, 2.45) is 0 Å². The van der Waals surface area contributed by atoms with Crippen LogP contribution in [0.3, 0.4) is 0 Å². The molecule has 0 heterocycles. The molecule has 34 heavy (non-hydrogen) atoms. The second-order valence-corrected chi connectivity index (χ2v) is 12.2. The van der Waals surface area contributed by atoms with Gasteiger partial charge in [0.05, 0.1) is 21.8 Å². The maximum Gasteiger partial charge on any atom is 0.170 e. The third-order valence-corrected chi connectivity index (χ3v) is 10.6. The Morgan fingerprint density at radius 2 is 0.588 bits per heavy atom. The van der Waals surface area contributed by atoms with Gasteiger partial charge in [0.25, 0.3) is 0 Å². The molecule has 5 aromatic carbocycles. The lowest BCUT2D eigenvalue weighted by Gasteiger charge is -2.14. The monoisotopic (exact) mass is 476 g/mol. The molecule has 0 saturated carbocycles. The van der Waals surface area contributed by atoms with Crippen LogP contribution in [0, 0.1) is 13.8 Å². The lowest BCUT2D eigenvalue weighted by Crippen LogP contribution is -2.11. The van der Waals surface area contributed by atoms with E-state index in [9.17, 15) is 0 Å². The van der Waals surface area contributed by atoms with Gasteiger partial charge in [-0.05, 0) is 62.4 Å². The zero-order chi connectivity index (χ0) is 23.3. The van der Waals surface area contributed by atoms with Crippen molar-refractivity contribution in [2.45, 2.75) is 43.2 Å². The molecule has 0 aliphatic carbocycles. The van der Waals surface area contributed by atoms with Crippen LogP contribution in [0.5, 0.6) is 0 Å². The van der Waals surface area contributed by atoms with Gasteiger partial charge in [-0.3, -0.25) is 0 Å². The first kappa shape index (κ1) is 22.6. The van der Waals surface area contributed by atoms with Gasteiger partial charge in [0.2, 0.25) is 0 Å². The van der Waals surface area contributed by atoms with Crippen LogP contribution in [-0.4, -0.2) is 0 Å². The average molecular weight is 477 g/mol. The highest BCUT2D eigenvalue weighted by molar-refractivity contribution is 7.97. The van der Waals surface area contributed by atoms with E-state index in [0.29, 0.717) is 0 Å². The van der Waals surface area contributed by atoms with Crippen LogP contribution in [-0.2, 0) is 21.8 Å². The van der Waals surface area contributed by atoms with Gasteiger partial charge >= 0.3 is 0 Å². The minimum Gasteiger partial charge on any atom is -0.0619 e. The van der Waals surface area contributed by atoms with E-state index >= 15 is 0 Å². The smallest absolute Gasteiger partial charge is 0.0619 e. The fourth-order valence-electron chi connectivity index (χ4n) is 4.21. The molecule has 0 radical (unpaired) electrons. The molecule has 0 saturated heterocycles. The standard InChI is InChI=1S/C32H28S2/c1-25-23-32(34(29-19-11-5-12-20-29)30-21-13-6-14-22-30)26(2)24-31(25)33(27-15-7-3-8-16-27)28-17-9-4-10-18-28/h3-24H,1-2H3/q+2. The summed E-state index contributed by atoms with van der Waals surface area (Å²) in [5.41, 5.74) is 2.70. The van der Waals surface area contributed by atoms with Crippen LogP contribution in [0.15, 0.2) is 163 Å². The van der Waals surface area contributed by atoms with E-state index in [1.807, 2.05) is 0 Å². The minimum atomic E-state index is -0.144. The van der Waals surface area contributed by atoms with Crippen LogP contribution in [0.2, 0.25) is 0 Å². The molecule has 0 aromatic heterocycles. The van der Waals surface area contributed by atoms with Crippen molar-refractivity contribution in [2.75, 3.05) is 0 Å². The Morgan fingerprint density at radius 1 is 0.353 bits per heavy atom. The predicted octanol–water partition coefficient (Wildman–Crippen LogP) is 8.49. The molecule has 0 N–H and O–H groups in total. The summed E-state index contributed by atoms with van der Waals surface area (Å²) >= 11 is 0. The van der Waals surface area contributed by atoms with Crippen LogP contribution in [0.1, 0.15) is 11.1 Å². The van der Waals surface area contributed by atoms with Gasteiger partial charge in [0, 0.05) is 23.3 Å². The third kappa shape index (κ3) is 4.70. The molecule has 0 unspecified atom stereocenters. The Morgan fingerprint density at radius 3 is 0.824 bits per heavy atom. The predicted molar refractivity (Wildman–Crippen MR) is 146 cm³/mol. The van der Waals surface area contributed by atoms with E-state index < -0.39 is 0 Å². The minimum absolute atomic E-state index is 0.144. The molecule has 0 fully saturated rings. The molecular weight excluding hydrogens is 448 g/mol.